The molecule has 0 fully saturated rings. The second-order valence-corrected chi connectivity index (χ2v) is 7.93. The third-order valence-electron chi connectivity index (χ3n) is 4.99. The van der Waals surface area contributed by atoms with Gasteiger partial charge in [0, 0.05) is 18.2 Å². The predicted octanol–water partition coefficient (Wildman–Crippen LogP) is 3.91. The molecule has 0 bridgehead atoms. The van der Waals surface area contributed by atoms with Gasteiger partial charge in [-0.3, -0.25) is 4.79 Å². The topological polar surface area (TPSA) is 73.8 Å². The molecule has 5 nitrogen and oxygen atoms in total. The predicted molar refractivity (Wildman–Crippen MR) is 99.1 cm³/mol. The fraction of sp³-hybridized carbons (Fsp3) is 0.350. The zero-order valence-corrected chi connectivity index (χ0v) is 15.4. The Hall–Kier alpha value is -2.76. The van der Waals surface area contributed by atoms with Gasteiger partial charge in [0.25, 0.3) is 0 Å². The van der Waals surface area contributed by atoms with Gasteiger partial charge in [0.15, 0.2) is 5.78 Å². The molecule has 0 amide bonds. The van der Waals surface area contributed by atoms with Crippen molar-refractivity contribution in [1.29, 1.82) is 0 Å². The Morgan fingerprint density at radius 2 is 1.92 bits per heavy atom. The van der Waals surface area contributed by atoms with Crippen molar-refractivity contribution in [3.05, 3.63) is 46.7 Å². The Labute approximate surface area is 151 Å². The minimum Gasteiger partial charge on any atom is -0.383 e. The van der Waals surface area contributed by atoms with Gasteiger partial charge in [-0.1, -0.05) is 13.8 Å². The fourth-order valence-electron chi connectivity index (χ4n) is 3.98. The Morgan fingerprint density at radius 3 is 2.65 bits per heavy atom. The smallest absolute Gasteiger partial charge is 0.167 e. The molecule has 1 aliphatic carbocycles. The molecule has 134 valence electrons. The summed E-state index contributed by atoms with van der Waals surface area (Å²) in [7, 11) is 0. The SMILES string of the molecule is Cc1cc2cc(-n3nc(C)c4c3CC(C)(C)CC4=O)cc(F)c2c(N)n1. The van der Waals surface area contributed by atoms with Crippen LogP contribution in [0.25, 0.3) is 16.5 Å². The van der Waals surface area contributed by atoms with Gasteiger partial charge in [0.1, 0.15) is 11.6 Å². The number of Topliss-reactive ketones (excluding diaryl/α,β-unsaturated/α-hetero) is 1. The molecular formula is C20H21FN4O. The van der Waals surface area contributed by atoms with Gasteiger partial charge in [0.2, 0.25) is 0 Å². The number of benzene rings is 1. The van der Waals surface area contributed by atoms with E-state index in [-0.39, 0.29) is 17.0 Å². The molecule has 6 heteroatoms. The van der Waals surface area contributed by atoms with Gasteiger partial charge in [-0.2, -0.15) is 5.10 Å². The van der Waals surface area contributed by atoms with Crippen LogP contribution >= 0.6 is 0 Å². The molecule has 2 N–H and O–H groups in total. The number of ketones is 1. The van der Waals surface area contributed by atoms with E-state index in [1.807, 2.05) is 19.9 Å². The first-order valence-corrected chi connectivity index (χ1v) is 8.65. The van der Waals surface area contributed by atoms with E-state index in [1.165, 1.54) is 6.07 Å². The number of carbonyl (C=O) groups excluding carboxylic acids is 1. The van der Waals surface area contributed by atoms with Crippen LogP contribution < -0.4 is 5.73 Å². The summed E-state index contributed by atoms with van der Waals surface area (Å²) in [5.74, 6) is -0.157. The maximum absolute atomic E-state index is 14.8. The van der Waals surface area contributed by atoms with Crippen molar-refractivity contribution in [3.8, 4) is 5.69 Å². The Balaban J connectivity index is 1.98. The first-order valence-electron chi connectivity index (χ1n) is 8.65. The van der Waals surface area contributed by atoms with E-state index in [0.29, 0.717) is 40.6 Å². The van der Waals surface area contributed by atoms with Crippen LogP contribution in [0.5, 0.6) is 0 Å². The molecule has 0 unspecified atom stereocenters. The van der Waals surface area contributed by atoms with E-state index in [9.17, 15) is 9.18 Å². The van der Waals surface area contributed by atoms with Gasteiger partial charge in [-0.05, 0) is 43.2 Å². The molecule has 2 heterocycles. The second-order valence-electron chi connectivity index (χ2n) is 7.93. The highest BCUT2D eigenvalue weighted by atomic mass is 19.1. The van der Waals surface area contributed by atoms with E-state index in [4.69, 9.17) is 5.73 Å². The third-order valence-corrected chi connectivity index (χ3v) is 4.99. The minimum absolute atomic E-state index is 0.102. The molecule has 0 saturated heterocycles. The molecule has 0 aliphatic heterocycles. The number of carbonyl (C=O) groups is 1. The number of nitrogen functional groups attached to an aromatic ring is 1. The number of pyridine rings is 1. The summed E-state index contributed by atoms with van der Waals surface area (Å²) in [5.41, 5.74) is 9.28. The molecule has 0 radical (unpaired) electrons. The van der Waals surface area contributed by atoms with Crippen LogP contribution in [0, 0.1) is 25.1 Å². The van der Waals surface area contributed by atoms with Crippen molar-refractivity contribution in [3.63, 3.8) is 0 Å². The number of fused-ring (bicyclic) bond motifs is 2. The Morgan fingerprint density at radius 1 is 1.19 bits per heavy atom. The van der Waals surface area contributed by atoms with Gasteiger partial charge >= 0.3 is 0 Å². The molecule has 1 aliphatic rings. The lowest BCUT2D eigenvalue weighted by Gasteiger charge is -2.29. The average Bonchev–Trinajstić information content (AvgIpc) is 2.81. The van der Waals surface area contributed by atoms with E-state index in [0.717, 1.165) is 11.4 Å². The van der Waals surface area contributed by atoms with Crippen molar-refractivity contribution in [2.45, 2.75) is 40.5 Å². The molecule has 0 spiro atoms. The van der Waals surface area contributed by atoms with Crippen molar-refractivity contribution >= 4 is 22.4 Å². The lowest BCUT2D eigenvalue weighted by atomic mass is 9.75. The first-order chi connectivity index (χ1) is 12.2. The molecule has 26 heavy (non-hydrogen) atoms. The van der Waals surface area contributed by atoms with E-state index in [2.05, 4.69) is 23.9 Å². The van der Waals surface area contributed by atoms with Gasteiger partial charge in [-0.15, -0.1) is 0 Å². The number of nitrogens with two attached hydrogens (primary N) is 1. The fourth-order valence-corrected chi connectivity index (χ4v) is 3.98. The lowest BCUT2D eigenvalue weighted by Crippen LogP contribution is -2.28. The highest BCUT2D eigenvalue weighted by molar-refractivity contribution is 6.00. The zero-order chi connectivity index (χ0) is 18.8. The van der Waals surface area contributed by atoms with Gasteiger partial charge in [0.05, 0.1) is 28.0 Å². The lowest BCUT2D eigenvalue weighted by molar-refractivity contribution is 0.0910. The quantitative estimate of drug-likeness (QED) is 0.720. The summed E-state index contributed by atoms with van der Waals surface area (Å²) in [6.07, 6.45) is 1.21. The number of nitrogens with zero attached hydrogens (tertiary/aromatic N) is 3. The highest BCUT2D eigenvalue weighted by Gasteiger charge is 2.35. The van der Waals surface area contributed by atoms with E-state index in [1.54, 1.807) is 10.7 Å². The summed E-state index contributed by atoms with van der Waals surface area (Å²) in [6.45, 7) is 7.78. The van der Waals surface area contributed by atoms with Crippen molar-refractivity contribution in [1.82, 2.24) is 14.8 Å². The number of aryl methyl sites for hydroxylation is 2. The average molecular weight is 352 g/mol. The van der Waals surface area contributed by atoms with Crippen molar-refractivity contribution in [2.24, 2.45) is 5.41 Å². The normalized spacial score (nSPS) is 16.1. The second kappa shape index (κ2) is 5.37. The summed E-state index contributed by atoms with van der Waals surface area (Å²) >= 11 is 0. The van der Waals surface area contributed by atoms with Crippen LogP contribution in [0.4, 0.5) is 10.2 Å². The summed E-state index contributed by atoms with van der Waals surface area (Å²) in [4.78, 5) is 16.7. The largest absolute Gasteiger partial charge is 0.383 e. The Kier molecular flexibility index (Phi) is 3.45. The van der Waals surface area contributed by atoms with E-state index >= 15 is 0 Å². The zero-order valence-electron chi connectivity index (χ0n) is 15.4. The van der Waals surface area contributed by atoms with E-state index < -0.39 is 5.82 Å². The molecule has 0 atom stereocenters. The Bertz CT molecular complexity index is 1080. The molecule has 1 aromatic carbocycles. The molecule has 2 aromatic heterocycles. The van der Waals surface area contributed by atoms with Crippen LogP contribution in [0.2, 0.25) is 0 Å². The van der Waals surface area contributed by atoms with Gasteiger partial charge < -0.3 is 5.73 Å². The van der Waals surface area contributed by atoms with Crippen LogP contribution in [-0.2, 0) is 6.42 Å². The first kappa shape index (κ1) is 16.7. The highest BCUT2D eigenvalue weighted by Crippen LogP contribution is 2.37. The summed E-state index contributed by atoms with van der Waals surface area (Å²) in [6, 6.07) is 5.06. The van der Waals surface area contributed by atoms with Crippen LogP contribution in [0.1, 0.15) is 47.7 Å². The molecular weight excluding hydrogens is 331 g/mol. The van der Waals surface area contributed by atoms with Crippen LogP contribution in [-0.4, -0.2) is 20.5 Å². The summed E-state index contributed by atoms with van der Waals surface area (Å²) < 4.78 is 16.5. The number of anilines is 1. The number of halogens is 1. The molecule has 3 aromatic rings. The maximum Gasteiger partial charge on any atom is 0.167 e. The monoisotopic (exact) mass is 352 g/mol. The number of hydrogen-bond acceptors (Lipinski definition) is 4. The van der Waals surface area contributed by atoms with Crippen LogP contribution in [0.15, 0.2) is 18.2 Å². The number of hydrogen-bond donors (Lipinski definition) is 1. The number of aromatic nitrogens is 3. The third kappa shape index (κ3) is 2.48. The molecule has 0 saturated carbocycles. The van der Waals surface area contributed by atoms with Crippen LogP contribution in [0.3, 0.4) is 0 Å². The van der Waals surface area contributed by atoms with Crippen molar-refractivity contribution < 1.29 is 9.18 Å². The number of rotatable bonds is 1. The molecule has 4 rings (SSSR count). The summed E-state index contributed by atoms with van der Waals surface area (Å²) in [5, 5.41) is 5.54. The van der Waals surface area contributed by atoms with Crippen molar-refractivity contribution in [2.75, 3.05) is 5.73 Å². The standard InChI is InChI=1S/C20H21FN4O/c1-10-5-12-6-13(7-14(21)18(12)19(22)23-10)25-15-8-20(3,4)9-16(26)17(15)11(2)24-25/h5-7H,8-9H2,1-4H3,(H2,22,23). The minimum atomic E-state index is -0.439. The maximum atomic E-state index is 14.8. The van der Waals surface area contributed by atoms with Gasteiger partial charge in [-0.25, -0.2) is 14.1 Å².